The lowest BCUT2D eigenvalue weighted by Gasteiger charge is -2.40. The molecule has 1 aliphatic carbocycles. The summed E-state index contributed by atoms with van der Waals surface area (Å²) in [6.45, 7) is 10.1. The molecule has 1 aliphatic rings. The molecule has 19 heavy (non-hydrogen) atoms. The van der Waals surface area contributed by atoms with Crippen molar-refractivity contribution in [3.63, 3.8) is 0 Å². The highest BCUT2D eigenvalue weighted by molar-refractivity contribution is 5.30. The molecule has 0 heterocycles. The summed E-state index contributed by atoms with van der Waals surface area (Å²) in [5.74, 6) is 0. The first-order valence-corrected chi connectivity index (χ1v) is 7.74. The van der Waals surface area contributed by atoms with Gasteiger partial charge in [0.15, 0.2) is 0 Å². The summed E-state index contributed by atoms with van der Waals surface area (Å²) in [6.07, 6.45) is 6.82. The molecule has 1 nitrogen and oxygen atoms in total. The predicted octanol–water partition coefficient (Wildman–Crippen LogP) is 4.59. The van der Waals surface area contributed by atoms with E-state index in [9.17, 15) is 0 Å². The SMILES string of the molecule is Cc1cccc(C2(CNC(C)(C)C)CCCCC2)c1. The molecule has 0 bridgehead atoms. The maximum absolute atomic E-state index is 3.75. The summed E-state index contributed by atoms with van der Waals surface area (Å²) < 4.78 is 0. The van der Waals surface area contributed by atoms with Gasteiger partial charge >= 0.3 is 0 Å². The average molecular weight is 259 g/mol. The third kappa shape index (κ3) is 3.82. The molecular weight excluding hydrogens is 230 g/mol. The van der Waals surface area contributed by atoms with E-state index in [2.05, 4.69) is 57.3 Å². The molecule has 0 atom stereocenters. The molecule has 1 aromatic rings. The molecule has 0 spiro atoms. The molecule has 1 saturated carbocycles. The summed E-state index contributed by atoms with van der Waals surface area (Å²) in [4.78, 5) is 0. The Morgan fingerprint density at radius 3 is 2.37 bits per heavy atom. The van der Waals surface area contributed by atoms with Crippen molar-refractivity contribution in [1.82, 2.24) is 5.32 Å². The van der Waals surface area contributed by atoms with Crippen molar-refractivity contribution in [1.29, 1.82) is 0 Å². The molecule has 1 aromatic carbocycles. The van der Waals surface area contributed by atoms with Crippen molar-refractivity contribution in [2.45, 2.75) is 70.8 Å². The van der Waals surface area contributed by atoms with Crippen LogP contribution in [0.5, 0.6) is 0 Å². The molecule has 2 rings (SSSR count). The summed E-state index contributed by atoms with van der Waals surface area (Å²) in [6, 6.07) is 9.16. The topological polar surface area (TPSA) is 12.0 Å². The first-order valence-electron chi connectivity index (χ1n) is 7.74. The molecule has 0 unspecified atom stereocenters. The molecule has 0 aliphatic heterocycles. The van der Waals surface area contributed by atoms with Crippen molar-refractivity contribution in [3.05, 3.63) is 35.4 Å². The highest BCUT2D eigenvalue weighted by atomic mass is 15.0. The quantitative estimate of drug-likeness (QED) is 0.837. The molecule has 1 N–H and O–H groups in total. The number of aryl methyl sites for hydroxylation is 1. The Morgan fingerprint density at radius 2 is 1.79 bits per heavy atom. The Labute approximate surface area is 118 Å². The molecule has 0 radical (unpaired) electrons. The van der Waals surface area contributed by atoms with Gasteiger partial charge in [-0.25, -0.2) is 0 Å². The fourth-order valence-corrected chi connectivity index (χ4v) is 3.21. The second-order valence-electron chi connectivity index (χ2n) is 7.31. The van der Waals surface area contributed by atoms with E-state index in [-0.39, 0.29) is 5.54 Å². The van der Waals surface area contributed by atoms with Crippen LogP contribution in [0.1, 0.15) is 64.0 Å². The van der Waals surface area contributed by atoms with Crippen LogP contribution in [0.4, 0.5) is 0 Å². The number of benzene rings is 1. The zero-order valence-corrected chi connectivity index (χ0v) is 13.1. The van der Waals surface area contributed by atoms with Crippen LogP contribution in [0, 0.1) is 6.92 Å². The van der Waals surface area contributed by atoms with Crippen LogP contribution in [0.2, 0.25) is 0 Å². The van der Waals surface area contributed by atoms with Gasteiger partial charge in [-0.2, -0.15) is 0 Å². The fourth-order valence-electron chi connectivity index (χ4n) is 3.21. The summed E-state index contributed by atoms with van der Waals surface area (Å²) in [5, 5.41) is 3.75. The lowest BCUT2D eigenvalue weighted by atomic mass is 9.69. The van der Waals surface area contributed by atoms with E-state index >= 15 is 0 Å². The van der Waals surface area contributed by atoms with Gasteiger partial charge in [-0.3, -0.25) is 0 Å². The fraction of sp³-hybridized carbons (Fsp3) is 0.667. The van der Waals surface area contributed by atoms with Gasteiger partial charge in [-0.05, 0) is 46.1 Å². The third-order valence-electron chi connectivity index (χ3n) is 4.40. The Balaban J connectivity index is 2.24. The lowest BCUT2D eigenvalue weighted by molar-refractivity contribution is 0.253. The van der Waals surface area contributed by atoms with Crippen LogP contribution in [-0.4, -0.2) is 12.1 Å². The number of hydrogen-bond donors (Lipinski definition) is 1. The van der Waals surface area contributed by atoms with E-state index in [0.29, 0.717) is 5.41 Å². The Kier molecular flexibility index (Phi) is 4.35. The van der Waals surface area contributed by atoms with Gasteiger partial charge in [0.05, 0.1) is 0 Å². The van der Waals surface area contributed by atoms with E-state index in [0.717, 1.165) is 6.54 Å². The van der Waals surface area contributed by atoms with Gasteiger partial charge in [-0.15, -0.1) is 0 Å². The molecule has 1 fully saturated rings. The molecule has 0 aromatic heterocycles. The second-order valence-corrected chi connectivity index (χ2v) is 7.31. The zero-order chi connectivity index (χ0) is 13.9. The lowest BCUT2D eigenvalue weighted by Crippen LogP contribution is -2.47. The second kappa shape index (κ2) is 5.66. The van der Waals surface area contributed by atoms with Crippen LogP contribution in [0.3, 0.4) is 0 Å². The monoisotopic (exact) mass is 259 g/mol. The van der Waals surface area contributed by atoms with E-state index in [4.69, 9.17) is 0 Å². The minimum Gasteiger partial charge on any atom is -0.311 e. The Morgan fingerprint density at radius 1 is 1.11 bits per heavy atom. The average Bonchev–Trinajstić information content (AvgIpc) is 2.37. The highest BCUT2D eigenvalue weighted by Crippen LogP contribution is 2.39. The Bertz CT molecular complexity index is 408. The minimum absolute atomic E-state index is 0.203. The van der Waals surface area contributed by atoms with Gasteiger partial charge in [0.25, 0.3) is 0 Å². The summed E-state index contributed by atoms with van der Waals surface area (Å²) in [5.41, 5.74) is 3.49. The van der Waals surface area contributed by atoms with Crippen LogP contribution in [0.15, 0.2) is 24.3 Å². The molecular formula is C18H29N. The first kappa shape index (κ1) is 14.6. The smallest absolute Gasteiger partial charge is 0.00968 e. The maximum atomic E-state index is 3.75. The van der Waals surface area contributed by atoms with Gasteiger partial charge in [0.2, 0.25) is 0 Å². The van der Waals surface area contributed by atoms with Crippen molar-refractivity contribution in [3.8, 4) is 0 Å². The highest BCUT2D eigenvalue weighted by Gasteiger charge is 2.34. The molecule has 0 amide bonds. The van der Waals surface area contributed by atoms with E-state index < -0.39 is 0 Å². The zero-order valence-electron chi connectivity index (χ0n) is 13.1. The minimum atomic E-state index is 0.203. The molecule has 0 saturated heterocycles. The third-order valence-corrected chi connectivity index (χ3v) is 4.40. The van der Waals surface area contributed by atoms with Crippen LogP contribution in [-0.2, 0) is 5.41 Å². The van der Waals surface area contributed by atoms with Gasteiger partial charge in [0, 0.05) is 17.5 Å². The van der Waals surface area contributed by atoms with Crippen molar-refractivity contribution < 1.29 is 0 Å². The van der Waals surface area contributed by atoms with Gasteiger partial charge in [0.1, 0.15) is 0 Å². The first-order chi connectivity index (χ1) is 8.91. The van der Waals surface area contributed by atoms with Crippen molar-refractivity contribution in [2.75, 3.05) is 6.54 Å². The summed E-state index contributed by atoms with van der Waals surface area (Å²) >= 11 is 0. The number of hydrogen-bond acceptors (Lipinski definition) is 1. The van der Waals surface area contributed by atoms with E-state index in [1.54, 1.807) is 5.56 Å². The molecule has 106 valence electrons. The largest absolute Gasteiger partial charge is 0.311 e. The van der Waals surface area contributed by atoms with Crippen molar-refractivity contribution >= 4 is 0 Å². The van der Waals surface area contributed by atoms with E-state index in [1.165, 1.54) is 37.7 Å². The molecule has 1 heteroatoms. The summed E-state index contributed by atoms with van der Waals surface area (Å²) in [7, 11) is 0. The van der Waals surface area contributed by atoms with Crippen LogP contribution in [0.25, 0.3) is 0 Å². The predicted molar refractivity (Wildman–Crippen MR) is 83.7 cm³/mol. The number of nitrogens with one attached hydrogen (secondary N) is 1. The Hall–Kier alpha value is -0.820. The maximum Gasteiger partial charge on any atom is 0.00968 e. The van der Waals surface area contributed by atoms with Gasteiger partial charge in [-0.1, -0.05) is 49.1 Å². The standard InChI is InChI=1S/C18H29N/c1-15-9-8-10-16(13-15)18(11-6-5-7-12-18)14-19-17(2,3)4/h8-10,13,19H,5-7,11-12,14H2,1-4H3. The van der Waals surface area contributed by atoms with Crippen LogP contribution >= 0.6 is 0 Å². The number of rotatable bonds is 3. The van der Waals surface area contributed by atoms with Gasteiger partial charge < -0.3 is 5.32 Å². The van der Waals surface area contributed by atoms with Crippen molar-refractivity contribution in [2.24, 2.45) is 0 Å². The van der Waals surface area contributed by atoms with E-state index in [1.807, 2.05) is 0 Å². The normalized spacial score (nSPS) is 19.4. The van der Waals surface area contributed by atoms with Crippen LogP contribution < -0.4 is 5.32 Å².